The zero-order chi connectivity index (χ0) is 82.6. The van der Waals surface area contributed by atoms with Crippen molar-refractivity contribution in [2.45, 2.75) is 186 Å². The van der Waals surface area contributed by atoms with Gasteiger partial charge in [-0.2, -0.15) is 0 Å². The number of nitrogens with zero attached hydrogens (tertiary/aromatic N) is 9. The van der Waals surface area contributed by atoms with Crippen LogP contribution >= 0.6 is 130 Å². The van der Waals surface area contributed by atoms with E-state index in [1.165, 1.54) is 50.1 Å². The van der Waals surface area contributed by atoms with Crippen LogP contribution in [0.4, 0.5) is 14.4 Å². The number of carbonyl (C=O) groups excluding carboxylic acids is 6. The highest BCUT2D eigenvalue weighted by Gasteiger charge is 2.41. The van der Waals surface area contributed by atoms with Crippen molar-refractivity contribution in [2.75, 3.05) is 78.5 Å². The summed E-state index contributed by atoms with van der Waals surface area (Å²) in [6.07, 6.45) is 25.7. The molecule has 9 aliphatic rings. The second kappa shape index (κ2) is 38.6. The van der Waals surface area contributed by atoms with E-state index in [9.17, 15) is 28.8 Å². The minimum atomic E-state index is -0.514. The Morgan fingerprint density at radius 3 is 1.06 bits per heavy atom. The molecule has 5 saturated heterocycles. The molecule has 0 saturated carbocycles. The number of halogens is 9. The number of ether oxygens (including phenoxy) is 2. The molecule has 3 aromatic carbocycles. The largest absolute Gasteiger partial charge is 0.444 e. The highest BCUT2D eigenvalue weighted by Crippen LogP contribution is 2.51. The van der Waals surface area contributed by atoms with Gasteiger partial charge < -0.3 is 44.6 Å². The van der Waals surface area contributed by atoms with Crippen LogP contribution in [0.25, 0.3) is 0 Å². The fraction of sp³-hybridized carbons (Fsp3) is 0.494. The van der Waals surface area contributed by atoms with Gasteiger partial charge >= 0.3 is 18.2 Å². The van der Waals surface area contributed by atoms with Crippen molar-refractivity contribution < 1.29 is 38.2 Å². The maximum atomic E-state index is 13.3. The second-order valence-corrected chi connectivity index (χ2v) is 40.7. The van der Waals surface area contributed by atoms with Crippen LogP contribution in [0.5, 0.6) is 0 Å². The SMILES string of the molecule is CC(C)(C)OC(=O)N1CC=C(CC(=O)N2CCC([C@H]3c4ncc(Br)cc4CCc4cc(Cl)cc(Br)c43)CC2)CC1.CC(C)(C)OC(=O)N1CCC(=CC(=O)N2CCC([C@H]3c4ncc(Br)cc4CCc4cc(Cl)cc(Br)c43)CC2)CC1.NC(=O)N1CCC(=CC(=O)N2CCC([C@H]3c4ncc(Br)cc4CCc4cc(Cl)cc(Br)c43)CC2)CC1. The van der Waals surface area contributed by atoms with Crippen molar-refractivity contribution in [1.29, 1.82) is 0 Å². The fourth-order valence-electron chi connectivity index (χ4n) is 18.3. The van der Waals surface area contributed by atoms with Crippen molar-refractivity contribution in [3.8, 4) is 0 Å². The lowest BCUT2D eigenvalue weighted by molar-refractivity contribution is -0.132. The standard InChI is InChI=1S/2C31H36Br2ClN3O3.C27H29Br2ClN4O2/c2*1-31(2,3)40-30(39)37-10-6-19(7-11-37)14-26(38)36-12-8-20(9-13-36)28-27-21(16-24(34)17-25(27)33)4-5-22-15-23(32)18-35-29(22)28;28-20-12-19-2-1-18-13-21(30)14-22(29)24(18)25(26(19)32-15-20)17-5-9-33(10-6-17)23(35)11-16-3-7-34(8-4-16)27(31)36/h14-18,20,28H,4-13H2,1-3H3;6,15-18,20,28H,4-5,7-14H2,1-3H3;11-15,17,25H,1-10H2,(H2,31,36)/t2*28-;25-/m111/s1. The van der Waals surface area contributed by atoms with E-state index in [1.54, 1.807) is 26.9 Å². The van der Waals surface area contributed by atoms with Gasteiger partial charge in [-0.3, -0.25) is 29.3 Å². The number of benzene rings is 3. The topological polar surface area (TPSA) is 205 Å². The van der Waals surface area contributed by atoms with Crippen molar-refractivity contribution in [3.63, 3.8) is 0 Å². The van der Waals surface area contributed by atoms with E-state index in [0.29, 0.717) is 95.5 Å². The number of aryl methyl sites for hydroxylation is 6. The summed E-state index contributed by atoms with van der Waals surface area (Å²) in [5, 5.41) is 2.24. The molecule has 18 nitrogen and oxygen atoms in total. The summed E-state index contributed by atoms with van der Waals surface area (Å²) < 4.78 is 17.1. The summed E-state index contributed by atoms with van der Waals surface area (Å²) in [7, 11) is 0. The predicted octanol–water partition coefficient (Wildman–Crippen LogP) is 21.2. The zero-order valence-electron chi connectivity index (χ0n) is 66.6. The lowest BCUT2D eigenvalue weighted by Crippen LogP contribution is -2.41. The first-order valence-electron chi connectivity index (χ1n) is 40.6. The van der Waals surface area contributed by atoms with Gasteiger partial charge in [-0.25, -0.2) is 14.4 Å². The number of amides is 7. The Labute approximate surface area is 747 Å². The van der Waals surface area contributed by atoms with Gasteiger partial charge in [0.25, 0.3) is 0 Å². The smallest absolute Gasteiger partial charge is 0.410 e. The highest BCUT2D eigenvalue weighted by molar-refractivity contribution is 9.11. The van der Waals surface area contributed by atoms with Crippen molar-refractivity contribution in [2.24, 2.45) is 23.5 Å². The molecule has 2 N–H and O–H groups in total. The van der Waals surface area contributed by atoms with E-state index < -0.39 is 11.2 Å². The van der Waals surface area contributed by atoms with Gasteiger partial charge in [0.1, 0.15) is 11.2 Å². The van der Waals surface area contributed by atoms with Gasteiger partial charge in [0, 0.05) is 175 Å². The number of urea groups is 1. The Bertz CT molecular complexity index is 4810. The number of likely N-dealkylation sites (tertiary alicyclic amines) is 5. The Balaban J connectivity index is 0.000000152. The first-order valence-corrected chi connectivity index (χ1v) is 46.4. The minimum absolute atomic E-state index is 0.0765. The maximum Gasteiger partial charge on any atom is 0.410 e. The fourth-order valence-corrected chi connectivity index (χ4v) is 22.8. The van der Waals surface area contributed by atoms with Crippen molar-refractivity contribution in [1.82, 2.24) is 44.4 Å². The number of hydrogen-bond donors (Lipinski definition) is 1. The summed E-state index contributed by atoms with van der Waals surface area (Å²) in [6, 6.07) is 18.5. The molecule has 618 valence electrons. The minimum Gasteiger partial charge on any atom is -0.444 e. The van der Waals surface area contributed by atoms with Gasteiger partial charge in [0.2, 0.25) is 17.7 Å². The van der Waals surface area contributed by atoms with E-state index in [0.717, 1.165) is 192 Å². The van der Waals surface area contributed by atoms with Gasteiger partial charge in [0.05, 0.1) is 17.1 Å². The Hall–Kier alpha value is -5.70. The predicted molar refractivity (Wildman–Crippen MR) is 478 cm³/mol. The third-order valence-corrected chi connectivity index (χ3v) is 27.9. The van der Waals surface area contributed by atoms with Crippen LogP contribution in [-0.4, -0.2) is 170 Å². The molecule has 9 heterocycles. The number of hydrogen-bond acceptors (Lipinski definition) is 11. The summed E-state index contributed by atoms with van der Waals surface area (Å²) in [4.78, 5) is 101. The molecular weight excluding hydrogens is 1920 g/mol. The molecule has 3 aliphatic carbocycles. The monoisotopic (exact) mass is 2020 g/mol. The Morgan fingerprint density at radius 1 is 0.414 bits per heavy atom. The molecule has 7 amide bonds. The molecule has 27 heteroatoms. The zero-order valence-corrected chi connectivity index (χ0v) is 78.4. The molecule has 3 aromatic heterocycles. The van der Waals surface area contributed by atoms with Crippen LogP contribution in [0.1, 0.15) is 203 Å². The second-order valence-electron chi connectivity index (χ2n) is 34.1. The Kier molecular flexibility index (Phi) is 29.3. The summed E-state index contributed by atoms with van der Waals surface area (Å²) >= 11 is 41.7. The number of rotatable bonds is 7. The van der Waals surface area contributed by atoms with Gasteiger partial charge in [-0.1, -0.05) is 105 Å². The number of nitrogens with two attached hydrogens (primary N) is 1. The molecule has 6 aromatic rings. The van der Waals surface area contributed by atoms with E-state index in [1.807, 2.05) is 99.1 Å². The average Bonchev–Trinajstić information content (AvgIpc) is 1.54. The molecule has 5 fully saturated rings. The first kappa shape index (κ1) is 88.1. The summed E-state index contributed by atoms with van der Waals surface area (Å²) in [6.45, 7) is 19.0. The molecule has 0 unspecified atom stereocenters. The lowest BCUT2D eigenvalue weighted by Gasteiger charge is -2.37. The third kappa shape index (κ3) is 22.0. The lowest BCUT2D eigenvalue weighted by atomic mass is 9.76. The normalized spacial score (nSPS) is 20.1. The molecule has 0 radical (unpaired) electrons. The number of primary amides is 1. The molecule has 6 aliphatic heterocycles. The summed E-state index contributed by atoms with van der Waals surface area (Å²) in [5.74, 6) is 1.92. The van der Waals surface area contributed by atoms with Crippen LogP contribution in [0.2, 0.25) is 15.1 Å². The van der Waals surface area contributed by atoms with Crippen LogP contribution in [0.3, 0.4) is 0 Å². The van der Waals surface area contributed by atoms with Crippen molar-refractivity contribution in [3.05, 3.63) is 217 Å². The third-order valence-electron chi connectivity index (χ3n) is 24.0. The van der Waals surface area contributed by atoms with Gasteiger partial charge in [0.15, 0.2) is 0 Å². The number of carbonyl (C=O) groups is 6. The van der Waals surface area contributed by atoms with E-state index in [-0.39, 0.29) is 53.7 Å². The average molecular weight is 2020 g/mol. The quantitative estimate of drug-likeness (QED) is 0.118. The maximum absolute atomic E-state index is 13.3. The summed E-state index contributed by atoms with van der Waals surface area (Å²) in [5.41, 5.74) is 22.7. The molecule has 3 atom stereocenters. The van der Waals surface area contributed by atoms with E-state index >= 15 is 0 Å². The van der Waals surface area contributed by atoms with Crippen LogP contribution in [0, 0.1) is 17.8 Å². The molecule has 0 bridgehead atoms. The van der Waals surface area contributed by atoms with Gasteiger partial charge in [-0.15, -0.1) is 0 Å². The number of piperidine rings is 5. The molecular formula is C89H101Br6Cl3N10O8. The molecule has 15 rings (SSSR count). The van der Waals surface area contributed by atoms with Crippen LogP contribution < -0.4 is 5.73 Å². The Morgan fingerprint density at radius 2 is 0.733 bits per heavy atom. The van der Waals surface area contributed by atoms with Gasteiger partial charge in [-0.05, 0) is 321 Å². The van der Waals surface area contributed by atoms with Crippen LogP contribution in [0.15, 0.2) is 135 Å². The van der Waals surface area contributed by atoms with Crippen LogP contribution in [-0.2, 0) is 62.4 Å². The highest BCUT2D eigenvalue weighted by atomic mass is 79.9. The number of aromatic nitrogens is 3. The molecule has 116 heavy (non-hydrogen) atoms. The van der Waals surface area contributed by atoms with E-state index in [4.69, 9.17) is 65.0 Å². The van der Waals surface area contributed by atoms with E-state index in [2.05, 4.69) is 132 Å². The first-order chi connectivity index (χ1) is 55.3. The number of fused-ring (bicyclic) bond motifs is 6. The number of pyridine rings is 3. The van der Waals surface area contributed by atoms with Crippen molar-refractivity contribution >= 4 is 166 Å². The molecule has 0 spiro atoms.